The number of ether oxygens (including phenoxy) is 1. The van der Waals surface area contributed by atoms with Gasteiger partial charge < -0.3 is 20.1 Å². The van der Waals surface area contributed by atoms with Crippen LogP contribution in [0.3, 0.4) is 0 Å². The Labute approximate surface area is 151 Å². The maximum atomic E-state index is 14.0. The number of morpholine rings is 1. The van der Waals surface area contributed by atoms with Crippen LogP contribution in [0.1, 0.15) is 10.4 Å². The molecular formula is C15H14FIN4O3. The molecule has 2 N–H and O–H groups in total. The Morgan fingerprint density at radius 3 is 2.71 bits per heavy atom. The zero-order chi connectivity index (χ0) is 17.1. The van der Waals surface area contributed by atoms with Crippen molar-refractivity contribution in [2.75, 3.05) is 36.5 Å². The monoisotopic (exact) mass is 444 g/mol. The second kappa shape index (κ2) is 7.26. The van der Waals surface area contributed by atoms with Gasteiger partial charge in [-0.2, -0.15) is 0 Å². The summed E-state index contributed by atoms with van der Waals surface area (Å²) in [6, 6.07) is 6.02. The SMILES string of the molecule is O=C(O)c1cc(N2CCOCC2)nnc1Nc1ccc(I)cc1F. The molecule has 9 heteroatoms. The van der Waals surface area contributed by atoms with E-state index in [9.17, 15) is 14.3 Å². The van der Waals surface area contributed by atoms with E-state index in [1.54, 1.807) is 6.07 Å². The van der Waals surface area contributed by atoms with Crippen molar-refractivity contribution < 1.29 is 19.0 Å². The molecule has 1 fully saturated rings. The van der Waals surface area contributed by atoms with Crippen LogP contribution in [-0.2, 0) is 4.74 Å². The Balaban J connectivity index is 1.91. The van der Waals surface area contributed by atoms with Crippen molar-refractivity contribution in [2.24, 2.45) is 0 Å². The summed E-state index contributed by atoms with van der Waals surface area (Å²) in [5, 5.41) is 20.1. The molecule has 0 unspecified atom stereocenters. The molecule has 24 heavy (non-hydrogen) atoms. The average Bonchev–Trinajstić information content (AvgIpc) is 2.58. The van der Waals surface area contributed by atoms with Gasteiger partial charge in [0.25, 0.3) is 0 Å². The van der Waals surface area contributed by atoms with Gasteiger partial charge >= 0.3 is 5.97 Å². The predicted octanol–water partition coefficient (Wildman–Crippen LogP) is 2.50. The molecule has 1 aliphatic rings. The van der Waals surface area contributed by atoms with E-state index >= 15 is 0 Å². The largest absolute Gasteiger partial charge is 0.478 e. The van der Waals surface area contributed by atoms with Gasteiger partial charge in [0.1, 0.15) is 11.4 Å². The number of hydrogen-bond acceptors (Lipinski definition) is 6. The topological polar surface area (TPSA) is 87.6 Å². The fourth-order valence-corrected chi connectivity index (χ4v) is 2.76. The Morgan fingerprint density at radius 1 is 1.29 bits per heavy atom. The van der Waals surface area contributed by atoms with Crippen molar-refractivity contribution in [3.05, 3.63) is 39.2 Å². The van der Waals surface area contributed by atoms with E-state index in [4.69, 9.17) is 4.74 Å². The highest BCUT2D eigenvalue weighted by atomic mass is 127. The summed E-state index contributed by atoms with van der Waals surface area (Å²) in [5.74, 6) is -1.19. The first-order chi connectivity index (χ1) is 11.5. The molecule has 0 bridgehead atoms. The summed E-state index contributed by atoms with van der Waals surface area (Å²) < 4.78 is 20.0. The number of carboxylic acids is 1. The lowest BCUT2D eigenvalue weighted by Gasteiger charge is -2.27. The van der Waals surface area contributed by atoms with E-state index in [0.29, 0.717) is 32.1 Å². The molecule has 1 saturated heterocycles. The van der Waals surface area contributed by atoms with Crippen molar-refractivity contribution >= 4 is 45.9 Å². The van der Waals surface area contributed by atoms with Gasteiger partial charge in [-0.25, -0.2) is 9.18 Å². The average molecular weight is 444 g/mol. The molecule has 0 radical (unpaired) electrons. The van der Waals surface area contributed by atoms with Crippen LogP contribution < -0.4 is 10.2 Å². The number of hydrogen-bond donors (Lipinski definition) is 2. The Hall–Kier alpha value is -2.01. The van der Waals surface area contributed by atoms with Gasteiger partial charge in [0, 0.05) is 22.7 Å². The van der Waals surface area contributed by atoms with Crippen LogP contribution in [0.5, 0.6) is 0 Å². The third-order valence-corrected chi connectivity index (χ3v) is 4.20. The van der Waals surface area contributed by atoms with Crippen molar-refractivity contribution in [3.8, 4) is 0 Å². The summed E-state index contributed by atoms with van der Waals surface area (Å²) in [7, 11) is 0. The number of benzene rings is 1. The van der Waals surface area contributed by atoms with Gasteiger partial charge in [0.05, 0.1) is 18.9 Å². The molecular weight excluding hydrogens is 430 g/mol. The Morgan fingerprint density at radius 2 is 2.04 bits per heavy atom. The highest BCUT2D eigenvalue weighted by molar-refractivity contribution is 14.1. The molecule has 0 amide bonds. The van der Waals surface area contributed by atoms with Crippen LogP contribution >= 0.6 is 22.6 Å². The number of nitrogens with one attached hydrogen (secondary N) is 1. The second-order valence-corrected chi connectivity index (χ2v) is 6.36. The van der Waals surface area contributed by atoms with E-state index < -0.39 is 11.8 Å². The lowest BCUT2D eigenvalue weighted by molar-refractivity contribution is 0.0697. The number of nitrogens with zero attached hydrogens (tertiary/aromatic N) is 3. The standard InChI is InChI=1S/C15H14FIN4O3/c16-11-7-9(17)1-2-12(11)18-14-10(15(22)23)8-13(19-20-14)21-3-5-24-6-4-21/h1-2,7-8H,3-6H2,(H,18,20)(H,22,23). The first-order valence-electron chi connectivity index (χ1n) is 7.20. The van der Waals surface area contributed by atoms with Crippen LogP contribution in [0, 0.1) is 9.39 Å². The van der Waals surface area contributed by atoms with E-state index in [-0.39, 0.29) is 17.1 Å². The van der Waals surface area contributed by atoms with Crippen molar-refractivity contribution in [2.45, 2.75) is 0 Å². The molecule has 0 saturated carbocycles. The Kier molecular flexibility index (Phi) is 5.09. The highest BCUT2D eigenvalue weighted by Gasteiger charge is 2.19. The maximum absolute atomic E-state index is 14.0. The first-order valence-corrected chi connectivity index (χ1v) is 8.28. The normalized spacial score (nSPS) is 14.5. The fraction of sp³-hybridized carbons (Fsp3) is 0.267. The van der Waals surface area contributed by atoms with Crippen LogP contribution in [0.2, 0.25) is 0 Å². The Bertz CT molecular complexity index is 768. The molecule has 0 atom stereocenters. The van der Waals surface area contributed by atoms with Gasteiger partial charge in [-0.15, -0.1) is 10.2 Å². The molecule has 126 valence electrons. The molecule has 0 spiro atoms. The lowest BCUT2D eigenvalue weighted by Crippen LogP contribution is -2.37. The second-order valence-electron chi connectivity index (χ2n) is 5.12. The summed E-state index contributed by atoms with van der Waals surface area (Å²) in [6.45, 7) is 2.34. The zero-order valence-corrected chi connectivity index (χ0v) is 14.7. The number of anilines is 3. The van der Waals surface area contributed by atoms with Crippen molar-refractivity contribution in [3.63, 3.8) is 0 Å². The molecule has 0 aliphatic carbocycles. The molecule has 2 heterocycles. The van der Waals surface area contributed by atoms with Gasteiger partial charge in [-0.3, -0.25) is 0 Å². The van der Waals surface area contributed by atoms with Gasteiger partial charge in [-0.1, -0.05) is 0 Å². The smallest absolute Gasteiger partial charge is 0.339 e. The zero-order valence-electron chi connectivity index (χ0n) is 12.5. The van der Waals surface area contributed by atoms with E-state index in [1.807, 2.05) is 27.5 Å². The van der Waals surface area contributed by atoms with Crippen molar-refractivity contribution in [1.82, 2.24) is 10.2 Å². The summed E-state index contributed by atoms with van der Waals surface area (Å²) in [4.78, 5) is 13.4. The molecule has 1 aromatic carbocycles. The fourth-order valence-electron chi connectivity index (χ4n) is 2.30. The van der Waals surface area contributed by atoms with Crippen LogP contribution in [-0.4, -0.2) is 47.6 Å². The number of aromatic carboxylic acids is 1. The van der Waals surface area contributed by atoms with Crippen LogP contribution in [0.4, 0.5) is 21.7 Å². The quantitative estimate of drug-likeness (QED) is 0.701. The van der Waals surface area contributed by atoms with E-state index in [1.165, 1.54) is 18.2 Å². The van der Waals surface area contributed by atoms with Crippen LogP contribution in [0.15, 0.2) is 24.3 Å². The number of aromatic nitrogens is 2. The molecule has 2 aromatic rings. The summed E-state index contributed by atoms with van der Waals surface area (Å²) >= 11 is 1.99. The number of rotatable bonds is 4. The summed E-state index contributed by atoms with van der Waals surface area (Å²) in [6.07, 6.45) is 0. The number of halogens is 2. The van der Waals surface area contributed by atoms with Gasteiger partial charge in [-0.05, 0) is 40.8 Å². The third kappa shape index (κ3) is 3.73. The number of carboxylic acid groups (broad SMARTS) is 1. The van der Waals surface area contributed by atoms with Crippen molar-refractivity contribution in [1.29, 1.82) is 0 Å². The molecule has 7 nitrogen and oxygen atoms in total. The molecule has 1 aliphatic heterocycles. The maximum Gasteiger partial charge on any atom is 0.339 e. The summed E-state index contributed by atoms with van der Waals surface area (Å²) in [5.41, 5.74) is 0.0794. The van der Waals surface area contributed by atoms with Crippen LogP contribution in [0.25, 0.3) is 0 Å². The first kappa shape index (κ1) is 16.8. The molecule has 3 rings (SSSR count). The van der Waals surface area contributed by atoms with E-state index in [2.05, 4.69) is 15.5 Å². The van der Waals surface area contributed by atoms with Gasteiger partial charge in [0.15, 0.2) is 11.6 Å². The minimum atomic E-state index is -1.16. The van der Waals surface area contributed by atoms with E-state index in [0.717, 1.165) is 3.57 Å². The minimum Gasteiger partial charge on any atom is -0.478 e. The minimum absolute atomic E-state index is 0.000354. The number of carbonyl (C=O) groups is 1. The lowest BCUT2D eigenvalue weighted by atomic mass is 10.2. The molecule has 1 aromatic heterocycles. The third-order valence-electron chi connectivity index (χ3n) is 3.53. The predicted molar refractivity (Wildman–Crippen MR) is 94.4 cm³/mol. The highest BCUT2D eigenvalue weighted by Crippen LogP contribution is 2.25. The van der Waals surface area contributed by atoms with Gasteiger partial charge in [0.2, 0.25) is 0 Å².